The fourth-order valence-corrected chi connectivity index (χ4v) is 17.5. The summed E-state index contributed by atoms with van der Waals surface area (Å²) < 4.78 is 59.8. The SMILES string of the molecule is CCCC[C@H]1C(=O)N2CCC[C@@H]2C(=O)N[C@@H](CC(=O)O)C(=O)N[C@@H](C(C)C)C(=O)N(C)[C@@H](Cc2ccccc2)C(=O)N[C@@H](CCC(=O)O)C(=O)N2CCCC[C@@H]2C(=O)N[C@@H](Cc2c[nH]c3ccccc23)C(=O)N[C@@H](Cc2ccc(O)cc2)C(=O)N[C@@H](CCCC(N)=O)C(=O)N[C@H](C(=O)NCC(N)=O)CSCC(=O)N[C@@H](Cc2cc(F)c(F)c(F)c2)C(=O)N(C)[C@@H](Cc2ccc(F)cc2)C(=O)N1C. The van der Waals surface area contributed by atoms with Crippen LogP contribution in [0.1, 0.15) is 138 Å². The van der Waals surface area contributed by atoms with Crippen LogP contribution in [0.2, 0.25) is 0 Å². The van der Waals surface area contributed by atoms with Crippen molar-refractivity contribution in [1.82, 2.24) is 77.3 Å². The van der Waals surface area contributed by atoms with Crippen molar-refractivity contribution in [3.63, 3.8) is 0 Å². The highest BCUT2D eigenvalue weighted by Crippen LogP contribution is 2.29. The lowest BCUT2D eigenvalue weighted by molar-refractivity contribution is -0.152. The number of amides is 16. The molecule has 0 saturated carbocycles. The number of aromatic amines is 1. The molecule has 38 nitrogen and oxygen atoms in total. The Morgan fingerprint density at radius 1 is 0.489 bits per heavy atom. The maximum atomic E-state index is 15.7. The molecule has 0 spiro atoms. The molecule has 0 bridgehead atoms. The number of nitrogens with one attached hydrogen (secondary N) is 10. The Balaban J connectivity index is 1.15. The number of para-hydroxylation sites is 1. The summed E-state index contributed by atoms with van der Waals surface area (Å²) >= 11 is 0.586. The van der Waals surface area contributed by atoms with Gasteiger partial charge in [-0.2, -0.15) is 0 Å². The van der Waals surface area contributed by atoms with Gasteiger partial charge in [0.05, 0.1) is 18.7 Å². The quantitative estimate of drug-likeness (QED) is 0.0272. The molecule has 16 amide bonds. The van der Waals surface area contributed by atoms with Crippen LogP contribution in [0.15, 0.2) is 121 Å². The highest BCUT2D eigenvalue weighted by atomic mass is 32.2. The number of rotatable bonds is 26. The van der Waals surface area contributed by atoms with E-state index in [4.69, 9.17) is 11.5 Å². The predicted octanol–water partition coefficient (Wildman–Crippen LogP) is 1.86. The van der Waals surface area contributed by atoms with E-state index in [1.165, 1.54) is 64.3 Å². The van der Waals surface area contributed by atoms with Crippen LogP contribution in [-0.2, 0) is 118 Å². The number of unbranched alkanes of at least 4 members (excludes halogenated alkanes) is 1. The van der Waals surface area contributed by atoms with Crippen LogP contribution in [0.25, 0.3) is 10.9 Å². The molecule has 17 N–H and O–H groups in total. The number of halogens is 4. The van der Waals surface area contributed by atoms with Gasteiger partial charge >= 0.3 is 11.9 Å². The number of likely N-dealkylation sites (N-methyl/N-ethyl adjacent to an activating group) is 3. The summed E-state index contributed by atoms with van der Waals surface area (Å²) in [6.07, 6.45) is -3.44. The first-order valence-electron chi connectivity index (χ1n) is 45.0. The summed E-state index contributed by atoms with van der Waals surface area (Å²) in [5.41, 5.74) is 12.5. The fourth-order valence-electron chi connectivity index (χ4n) is 16.7. The van der Waals surface area contributed by atoms with Gasteiger partial charge in [0.15, 0.2) is 17.5 Å². The Hall–Kier alpha value is -14.0. The van der Waals surface area contributed by atoms with E-state index in [0.717, 1.165) is 43.7 Å². The van der Waals surface area contributed by atoms with Gasteiger partial charge < -0.3 is 104 Å². The highest BCUT2D eigenvalue weighted by molar-refractivity contribution is 8.00. The number of carbonyl (C=O) groups excluding carboxylic acids is 16. The molecule has 5 aromatic carbocycles. The summed E-state index contributed by atoms with van der Waals surface area (Å²) in [7, 11) is 3.52. The van der Waals surface area contributed by atoms with Crippen molar-refractivity contribution < 1.29 is 119 Å². The van der Waals surface area contributed by atoms with Gasteiger partial charge in [0, 0.05) is 102 Å². The monoisotopic (exact) mass is 1930 g/mol. The second kappa shape index (κ2) is 50.5. The summed E-state index contributed by atoms with van der Waals surface area (Å²) in [5.74, 6) is -28.5. The molecule has 6 aromatic rings. The van der Waals surface area contributed by atoms with Crippen molar-refractivity contribution in [3.05, 3.63) is 173 Å². The number of nitrogens with zero attached hydrogens (tertiary/aromatic N) is 5. The minimum absolute atomic E-state index is 0.0875. The molecule has 0 aliphatic carbocycles. The molecule has 9 rings (SSSR count). The van der Waals surface area contributed by atoms with Crippen molar-refractivity contribution >= 4 is 129 Å². The largest absolute Gasteiger partial charge is 0.508 e. The summed E-state index contributed by atoms with van der Waals surface area (Å²) in [6, 6.07) is 3.73. The van der Waals surface area contributed by atoms with Crippen LogP contribution < -0.4 is 59.3 Å². The normalized spacial score (nSPS) is 23.2. The molecular formula is C94H117F4N17O21S. The van der Waals surface area contributed by atoms with E-state index >= 15 is 56.7 Å². The lowest BCUT2D eigenvalue weighted by Gasteiger charge is -2.38. The van der Waals surface area contributed by atoms with Crippen LogP contribution in [0.4, 0.5) is 17.6 Å². The number of H-pyrrole nitrogens is 1. The van der Waals surface area contributed by atoms with Gasteiger partial charge in [0.1, 0.15) is 90.1 Å². The Morgan fingerprint density at radius 2 is 1.03 bits per heavy atom. The second-order valence-electron chi connectivity index (χ2n) is 34.6. The predicted molar refractivity (Wildman–Crippen MR) is 489 cm³/mol. The number of nitrogens with two attached hydrogens (primary N) is 2. The smallest absolute Gasteiger partial charge is 0.305 e. The van der Waals surface area contributed by atoms with Crippen molar-refractivity contribution in [2.75, 3.05) is 52.3 Å². The number of hydrogen-bond donors (Lipinski definition) is 15. The van der Waals surface area contributed by atoms with E-state index in [1.807, 2.05) is 0 Å². The van der Waals surface area contributed by atoms with E-state index in [1.54, 1.807) is 67.7 Å². The van der Waals surface area contributed by atoms with Gasteiger partial charge in [-0.3, -0.25) is 86.3 Å². The van der Waals surface area contributed by atoms with Crippen molar-refractivity contribution in [2.45, 2.75) is 221 Å². The number of hydrogen-bond acceptors (Lipinski definition) is 20. The van der Waals surface area contributed by atoms with E-state index < -0.39 is 289 Å². The maximum absolute atomic E-state index is 15.7. The Bertz CT molecular complexity index is 5370. The van der Waals surface area contributed by atoms with Crippen LogP contribution in [-0.4, -0.2) is 282 Å². The molecular weight excluding hydrogens is 1810 g/mol. The van der Waals surface area contributed by atoms with Gasteiger partial charge in [-0.15, -0.1) is 11.8 Å². The first kappa shape index (κ1) is 107. The lowest BCUT2D eigenvalue weighted by atomic mass is 9.97. The summed E-state index contributed by atoms with van der Waals surface area (Å²) in [5, 5.41) is 54.5. The molecule has 3 saturated heterocycles. The van der Waals surface area contributed by atoms with Gasteiger partial charge in [0.25, 0.3) is 0 Å². The lowest BCUT2D eigenvalue weighted by Crippen LogP contribution is -2.63. The average molecular weight is 1930 g/mol. The Kier molecular flexibility index (Phi) is 39.3. The van der Waals surface area contributed by atoms with E-state index in [0.29, 0.717) is 58.8 Å². The highest BCUT2D eigenvalue weighted by Gasteiger charge is 2.46. The summed E-state index contributed by atoms with van der Waals surface area (Å²) in [4.78, 5) is 271. The number of aromatic nitrogens is 1. The topological polar surface area (TPSA) is 560 Å². The number of benzene rings is 5. The second-order valence-corrected chi connectivity index (χ2v) is 35.6. The average Bonchev–Trinajstić information content (AvgIpc) is 1.70. The number of carboxylic acid groups (broad SMARTS) is 2. The zero-order valence-corrected chi connectivity index (χ0v) is 77.4. The Morgan fingerprint density at radius 3 is 1.66 bits per heavy atom. The molecule has 3 aliphatic rings. The standard InChI is InChI=1S/C94H117F4N17O21S/c1-7-8-23-72-93(135)115-38-17-25-71(115)88(130)108-67(46-79(122)123)86(128)110-81(51(2)3)94(136)112(5)73(43-52-18-10-9-11-19-52)89(131)105-64(35-36-78(120)121)91(133)114-37-15-14-24-70(114)87(129)107-66(45-56-47-101-62-21-13-12-20-59(56)62)85(127)106-65(41-53-29-33-58(116)34-30-53)84(126)104-63(22-16-26-75(99)117)83(125)109-69(82(124)102-48-76(100)118)49-137-50-77(119)103-68(42-55-39-60(96)80(98)61(97)40-55)90(132)113(6)74(92(134)111(72)4)44-54-27-31-57(95)32-28-54/h9-13,18-21,27-34,39-40,47,51,63-74,81,101,116H,7-8,14-17,22-26,35-38,41-46,48-50H2,1-6H3,(H2,99,117)(H2,100,118)(H,102,124)(H,103,119)(H,104,126)(H,105,131)(H,106,127)(H,107,129)(H,108,130)(H,109,125)(H,110,128)(H,120,121)(H,122,123)/t63-,64-,65-,66-,67-,68-,69-,70+,71+,72-,73-,74-,81-/m0/s1. The van der Waals surface area contributed by atoms with Crippen LogP contribution >= 0.6 is 11.8 Å². The first-order chi connectivity index (χ1) is 65.1. The Labute approximate surface area is 791 Å². The number of primary amides is 2. The van der Waals surface area contributed by atoms with Crippen LogP contribution in [0.3, 0.4) is 0 Å². The molecule has 1 aromatic heterocycles. The number of aliphatic carboxylic acids is 2. The van der Waals surface area contributed by atoms with Crippen molar-refractivity contribution in [1.29, 1.82) is 0 Å². The number of piperidine rings is 1. The van der Waals surface area contributed by atoms with E-state index in [2.05, 4.69) is 52.8 Å². The third-order valence-corrected chi connectivity index (χ3v) is 25.2. The minimum Gasteiger partial charge on any atom is -0.508 e. The molecule has 4 heterocycles. The number of phenolic OH excluding ortho intramolecular Hbond substituents is 1. The maximum Gasteiger partial charge on any atom is 0.305 e. The zero-order chi connectivity index (χ0) is 100. The first-order valence-corrected chi connectivity index (χ1v) is 46.2. The number of carboxylic acids is 2. The molecule has 3 aliphatic heterocycles. The van der Waals surface area contributed by atoms with Crippen LogP contribution in [0.5, 0.6) is 5.75 Å². The minimum atomic E-state index is -2.00. The van der Waals surface area contributed by atoms with Gasteiger partial charge in [-0.05, 0) is 134 Å². The van der Waals surface area contributed by atoms with Crippen LogP contribution in [0, 0.1) is 29.2 Å². The van der Waals surface area contributed by atoms with Gasteiger partial charge in [-0.1, -0.05) is 106 Å². The number of fused-ring (bicyclic) bond motifs is 3. The molecule has 0 radical (unpaired) electrons. The molecule has 3 fully saturated rings. The third-order valence-electron chi connectivity index (χ3n) is 24.2. The molecule has 13 atom stereocenters. The molecule has 137 heavy (non-hydrogen) atoms. The van der Waals surface area contributed by atoms with E-state index in [9.17, 15) is 62.5 Å². The molecule has 0 unspecified atom stereocenters. The molecule has 43 heteroatoms. The number of thioether (sulfide) groups is 1. The molecule has 738 valence electrons. The van der Waals surface area contributed by atoms with E-state index in [-0.39, 0.29) is 87.8 Å². The fraction of sp³-hybridized carbons (Fsp3) is 0.468. The number of aromatic hydroxyl groups is 1. The number of carbonyl (C=O) groups is 18. The zero-order valence-electron chi connectivity index (χ0n) is 76.6. The third kappa shape index (κ3) is 30.2. The van der Waals surface area contributed by atoms with Gasteiger partial charge in [-0.25, -0.2) is 17.6 Å². The summed E-state index contributed by atoms with van der Waals surface area (Å²) in [6.45, 7) is 3.59. The van der Waals surface area contributed by atoms with Gasteiger partial charge in [0.2, 0.25) is 94.5 Å². The van der Waals surface area contributed by atoms with Crippen molar-refractivity contribution in [2.24, 2.45) is 17.4 Å². The number of phenols is 1. The van der Waals surface area contributed by atoms with Crippen molar-refractivity contribution in [3.8, 4) is 5.75 Å².